The van der Waals surface area contributed by atoms with Crippen molar-refractivity contribution in [1.82, 2.24) is 14.7 Å². The van der Waals surface area contributed by atoms with E-state index in [0.29, 0.717) is 0 Å². The topological polar surface area (TPSA) is 50.2 Å². The molecule has 0 bridgehead atoms. The number of nitrogens with zero attached hydrogens (tertiary/aromatic N) is 3. The molecule has 1 aliphatic heterocycles. The second-order valence-corrected chi connectivity index (χ2v) is 6.70. The SMILES string of the molecule is CC(=O)Nc1cccc2c1CCN(Cc1ccc(-n3cccn3)cc1)C2. The first-order valence-electron chi connectivity index (χ1n) is 8.89. The van der Waals surface area contributed by atoms with Crippen LogP contribution in [0.25, 0.3) is 5.69 Å². The number of hydrogen-bond acceptors (Lipinski definition) is 3. The van der Waals surface area contributed by atoms with E-state index in [1.54, 1.807) is 13.1 Å². The van der Waals surface area contributed by atoms with Gasteiger partial charge in [-0.05, 0) is 47.4 Å². The average Bonchev–Trinajstić information content (AvgIpc) is 3.17. The first kappa shape index (κ1) is 16.5. The van der Waals surface area contributed by atoms with Crippen LogP contribution in [0.15, 0.2) is 60.9 Å². The minimum Gasteiger partial charge on any atom is -0.326 e. The number of aromatic nitrogens is 2. The quantitative estimate of drug-likeness (QED) is 0.788. The van der Waals surface area contributed by atoms with Crippen molar-refractivity contribution in [3.63, 3.8) is 0 Å². The summed E-state index contributed by atoms with van der Waals surface area (Å²) >= 11 is 0. The highest BCUT2D eigenvalue weighted by Gasteiger charge is 2.19. The van der Waals surface area contributed by atoms with E-state index in [1.165, 1.54) is 16.7 Å². The second-order valence-electron chi connectivity index (χ2n) is 6.70. The lowest BCUT2D eigenvalue weighted by Gasteiger charge is -2.30. The number of carbonyl (C=O) groups is 1. The van der Waals surface area contributed by atoms with Gasteiger partial charge in [-0.3, -0.25) is 9.69 Å². The molecular weight excluding hydrogens is 324 g/mol. The number of benzene rings is 2. The van der Waals surface area contributed by atoms with Crippen molar-refractivity contribution in [2.45, 2.75) is 26.4 Å². The average molecular weight is 346 g/mol. The Kier molecular flexibility index (Phi) is 4.54. The van der Waals surface area contributed by atoms with E-state index >= 15 is 0 Å². The van der Waals surface area contributed by atoms with Gasteiger partial charge in [-0.1, -0.05) is 24.3 Å². The van der Waals surface area contributed by atoms with Gasteiger partial charge in [-0.15, -0.1) is 0 Å². The second kappa shape index (κ2) is 7.14. The van der Waals surface area contributed by atoms with Crippen LogP contribution in [0.3, 0.4) is 0 Å². The molecule has 0 aliphatic carbocycles. The van der Waals surface area contributed by atoms with Gasteiger partial charge in [0.25, 0.3) is 0 Å². The zero-order valence-electron chi connectivity index (χ0n) is 14.9. The summed E-state index contributed by atoms with van der Waals surface area (Å²) in [5.74, 6) is -0.0156. The van der Waals surface area contributed by atoms with E-state index in [0.717, 1.165) is 37.4 Å². The third-order valence-electron chi connectivity index (χ3n) is 4.77. The normalized spacial score (nSPS) is 14.0. The van der Waals surface area contributed by atoms with Gasteiger partial charge in [0.05, 0.1) is 5.69 Å². The Labute approximate surface area is 153 Å². The molecular formula is C21H22N4O. The maximum atomic E-state index is 11.4. The molecule has 132 valence electrons. The molecule has 0 atom stereocenters. The molecule has 2 aromatic carbocycles. The molecule has 1 aromatic heterocycles. The predicted octanol–water partition coefficient (Wildman–Crippen LogP) is 3.39. The van der Waals surface area contributed by atoms with E-state index in [9.17, 15) is 4.79 Å². The van der Waals surface area contributed by atoms with Crippen molar-refractivity contribution < 1.29 is 4.79 Å². The standard InChI is InChI=1S/C21H22N4O/c1-16(26)23-21-5-2-4-18-15-24(13-10-20(18)21)14-17-6-8-19(9-7-17)25-12-3-11-22-25/h2-9,11-12H,10,13-15H2,1H3,(H,23,26). The molecule has 1 aliphatic rings. The molecule has 0 fully saturated rings. The third-order valence-corrected chi connectivity index (χ3v) is 4.77. The number of hydrogen-bond donors (Lipinski definition) is 1. The number of anilines is 1. The highest BCUT2D eigenvalue weighted by atomic mass is 16.1. The van der Waals surface area contributed by atoms with Crippen LogP contribution in [0.4, 0.5) is 5.69 Å². The van der Waals surface area contributed by atoms with Crippen LogP contribution in [0.2, 0.25) is 0 Å². The molecule has 0 unspecified atom stereocenters. The van der Waals surface area contributed by atoms with Crippen LogP contribution < -0.4 is 5.32 Å². The molecule has 5 heteroatoms. The molecule has 2 heterocycles. The van der Waals surface area contributed by atoms with Crippen molar-refractivity contribution in [1.29, 1.82) is 0 Å². The first-order chi connectivity index (χ1) is 12.7. The first-order valence-corrected chi connectivity index (χ1v) is 8.89. The summed E-state index contributed by atoms with van der Waals surface area (Å²) in [7, 11) is 0. The number of fused-ring (bicyclic) bond motifs is 1. The summed E-state index contributed by atoms with van der Waals surface area (Å²) in [6.07, 6.45) is 4.69. The lowest BCUT2D eigenvalue weighted by atomic mass is 9.97. The molecule has 3 aromatic rings. The Hall–Kier alpha value is -2.92. The third kappa shape index (κ3) is 3.53. The Morgan fingerprint density at radius 3 is 2.73 bits per heavy atom. The number of amides is 1. The summed E-state index contributed by atoms with van der Waals surface area (Å²) < 4.78 is 1.87. The maximum Gasteiger partial charge on any atom is 0.221 e. The van der Waals surface area contributed by atoms with Gasteiger partial charge >= 0.3 is 0 Å². The van der Waals surface area contributed by atoms with Gasteiger partial charge in [0.1, 0.15) is 0 Å². The van der Waals surface area contributed by atoms with Gasteiger partial charge in [0, 0.05) is 44.6 Å². The van der Waals surface area contributed by atoms with Crippen molar-refractivity contribution in [2.24, 2.45) is 0 Å². The summed E-state index contributed by atoms with van der Waals surface area (Å²) in [4.78, 5) is 13.8. The number of carbonyl (C=O) groups excluding carboxylic acids is 1. The predicted molar refractivity (Wildman–Crippen MR) is 102 cm³/mol. The fourth-order valence-corrected chi connectivity index (χ4v) is 3.54. The number of rotatable bonds is 4. The van der Waals surface area contributed by atoms with E-state index in [-0.39, 0.29) is 5.91 Å². The Morgan fingerprint density at radius 1 is 1.15 bits per heavy atom. The van der Waals surface area contributed by atoms with Crippen molar-refractivity contribution in [3.8, 4) is 5.69 Å². The maximum absolute atomic E-state index is 11.4. The van der Waals surface area contributed by atoms with E-state index in [4.69, 9.17) is 0 Å². The Balaban J connectivity index is 1.45. The molecule has 4 rings (SSSR count). The van der Waals surface area contributed by atoms with Gasteiger partial charge < -0.3 is 5.32 Å². The van der Waals surface area contributed by atoms with Crippen LogP contribution >= 0.6 is 0 Å². The largest absolute Gasteiger partial charge is 0.326 e. The lowest BCUT2D eigenvalue weighted by Crippen LogP contribution is -2.30. The zero-order chi connectivity index (χ0) is 17.9. The molecule has 26 heavy (non-hydrogen) atoms. The lowest BCUT2D eigenvalue weighted by molar-refractivity contribution is -0.114. The van der Waals surface area contributed by atoms with Crippen LogP contribution in [-0.2, 0) is 24.3 Å². The van der Waals surface area contributed by atoms with Crippen molar-refractivity contribution >= 4 is 11.6 Å². The Bertz CT molecular complexity index is 900. The monoisotopic (exact) mass is 346 g/mol. The van der Waals surface area contributed by atoms with Gasteiger partial charge in [0.15, 0.2) is 0 Å². The van der Waals surface area contributed by atoms with Gasteiger partial charge in [0.2, 0.25) is 5.91 Å². The summed E-state index contributed by atoms with van der Waals surface area (Å²) in [5, 5.41) is 7.21. The van der Waals surface area contributed by atoms with E-state index < -0.39 is 0 Å². The highest BCUT2D eigenvalue weighted by molar-refractivity contribution is 5.89. The van der Waals surface area contributed by atoms with Crippen molar-refractivity contribution in [3.05, 3.63) is 77.6 Å². The molecule has 5 nitrogen and oxygen atoms in total. The van der Waals surface area contributed by atoms with Crippen molar-refractivity contribution in [2.75, 3.05) is 11.9 Å². The molecule has 1 amide bonds. The van der Waals surface area contributed by atoms with Crippen LogP contribution in [-0.4, -0.2) is 27.1 Å². The van der Waals surface area contributed by atoms with Gasteiger partial charge in [-0.2, -0.15) is 5.10 Å². The molecule has 1 N–H and O–H groups in total. The summed E-state index contributed by atoms with van der Waals surface area (Å²) in [5.41, 5.74) is 5.90. The van der Waals surface area contributed by atoms with E-state index in [1.807, 2.05) is 29.1 Å². The smallest absolute Gasteiger partial charge is 0.221 e. The fraction of sp³-hybridized carbons (Fsp3) is 0.238. The minimum absolute atomic E-state index is 0.0156. The van der Waals surface area contributed by atoms with Crippen LogP contribution in [0.1, 0.15) is 23.6 Å². The number of nitrogens with one attached hydrogen (secondary N) is 1. The summed E-state index contributed by atoms with van der Waals surface area (Å²) in [6, 6.07) is 16.6. The minimum atomic E-state index is -0.0156. The zero-order valence-corrected chi connectivity index (χ0v) is 14.9. The van der Waals surface area contributed by atoms with Gasteiger partial charge in [-0.25, -0.2) is 4.68 Å². The highest BCUT2D eigenvalue weighted by Crippen LogP contribution is 2.27. The molecule has 0 saturated carbocycles. The molecule has 0 radical (unpaired) electrons. The van der Waals surface area contributed by atoms with E-state index in [2.05, 4.69) is 45.6 Å². The van der Waals surface area contributed by atoms with Crippen LogP contribution in [0.5, 0.6) is 0 Å². The molecule has 0 spiro atoms. The Morgan fingerprint density at radius 2 is 2.00 bits per heavy atom. The summed E-state index contributed by atoms with van der Waals surface area (Å²) in [6.45, 7) is 4.37. The fourth-order valence-electron chi connectivity index (χ4n) is 3.54. The molecule has 0 saturated heterocycles. The van der Waals surface area contributed by atoms with Crippen LogP contribution in [0, 0.1) is 0 Å².